The zero-order chi connectivity index (χ0) is 17.6. The Balaban J connectivity index is 2.17. The van der Waals surface area contributed by atoms with Gasteiger partial charge in [-0.2, -0.15) is 13.2 Å². The lowest BCUT2D eigenvalue weighted by atomic mass is 10.1. The molecule has 0 aliphatic carbocycles. The molecule has 0 aromatic heterocycles. The molecule has 0 saturated heterocycles. The van der Waals surface area contributed by atoms with Gasteiger partial charge in [0.1, 0.15) is 0 Å². The summed E-state index contributed by atoms with van der Waals surface area (Å²) in [5.41, 5.74) is 5.93. The summed E-state index contributed by atoms with van der Waals surface area (Å²) in [6.07, 6.45) is -3.79. The van der Waals surface area contributed by atoms with Crippen LogP contribution >= 0.6 is 0 Å². The number of amides is 1. The zero-order valence-electron chi connectivity index (χ0n) is 13.1. The zero-order valence-corrected chi connectivity index (χ0v) is 13.1. The highest BCUT2D eigenvalue weighted by Crippen LogP contribution is 2.29. The van der Waals surface area contributed by atoms with E-state index in [-0.39, 0.29) is 11.5 Å². The third-order valence-corrected chi connectivity index (χ3v) is 3.59. The third-order valence-electron chi connectivity index (χ3n) is 3.59. The summed E-state index contributed by atoms with van der Waals surface area (Å²) in [6, 6.07) is 13.7. The van der Waals surface area contributed by atoms with Gasteiger partial charge in [0.05, 0.1) is 5.56 Å². The van der Waals surface area contributed by atoms with Gasteiger partial charge < -0.3 is 10.6 Å². The van der Waals surface area contributed by atoms with Crippen molar-refractivity contribution in [3.05, 3.63) is 71.3 Å². The molecule has 2 aromatic carbocycles. The predicted molar refractivity (Wildman–Crippen MR) is 86.3 cm³/mol. The van der Waals surface area contributed by atoms with Gasteiger partial charge in [0.2, 0.25) is 0 Å². The second-order valence-corrected chi connectivity index (χ2v) is 5.43. The Labute approximate surface area is 138 Å². The Kier molecular flexibility index (Phi) is 5.98. The highest BCUT2D eigenvalue weighted by Gasteiger charge is 2.30. The SMILES string of the molecule is NCCCN(Cc1ccccc1)C(=O)c1ccc(C(F)(F)F)cc1. The molecule has 0 atom stereocenters. The fourth-order valence-corrected chi connectivity index (χ4v) is 2.32. The lowest BCUT2D eigenvalue weighted by molar-refractivity contribution is -0.137. The molecule has 2 rings (SSSR count). The molecule has 0 radical (unpaired) electrons. The highest BCUT2D eigenvalue weighted by atomic mass is 19.4. The van der Waals surface area contributed by atoms with E-state index >= 15 is 0 Å². The molecule has 128 valence electrons. The lowest BCUT2D eigenvalue weighted by Gasteiger charge is -2.23. The predicted octanol–water partition coefficient (Wildman–Crippen LogP) is 3.70. The average molecular weight is 336 g/mol. The number of carbonyl (C=O) groups is 1. The standard InChI is InChI=1S/C18H19F3N2O/c19-18(20,21)16-9-7-15(8-10-16)17(24)23(12-4-11-22)13-14-5-2-1-3-6-14/h1-3,5-10H,4,11-13,22H2. The van der Waals surface area contributed by atoms with Gasteiger partial charge in [-0.1, -0.05) is 30.3 Å². The van der Waals surface area contributed by atoms with E-state index in [0.29, 0.717) is 26.1 Å². The Morgan fingerprint density at radius 3 is 2.17 bits per heavy atom. The van der Waals surface area contributed by atoms with Crippen LogP contribution in [-0.2, 0) is 12.7 Å². The normalized spacial score (nSPS) is 11.3. The molecular weight excluding hydrogens is 317 g/mol. The van der Waals surface area contributed by atoms with Crippen molar-refractivity contribution in [1.82, 2.24) is 4.90 Å². The third kappa shape index (κ3) is 4.83. The molecule has 2 aromatic rings. The number of rotatable bonds is 6. The topological polar surface area (TPSA) is 46.3 Å². The Bertz CT molecular complexity index is 654. The van der Waals surface area contributed by atoms with E-state index in [0.717, 1.165) is 17.7 Å². The van der Waals surface area contributed by atoms with Crippen molar-refractivity contribution < 1.29 is 18.0 Å². The van der Waals surface area contributed by atoms with Crippen molar-refractivity contribution in [2.75, 3.05) is 13.1 Å². The molecule has 0 fully saturated rings. The number of benzene rings is 2. The molecule has 0 bridgehead atoms. The molecule has 0 saturated carbocycles. The van der Waals surface area contributed by atoms with Crippen molar-refractivity contribution >= 4 is 5.91 Å². The van der Waals surface area contributed by atoms with E-state index in [9.17, 15) is 18.0 Å². The quantitative estimate of drug-likeness (QED) is 0.874. The monoisotopic (exact) mass is 336 g/mol. The van der Waals surface area contributed by atoms with Gasteiger partial charge in [-0.15, -0.1) is 0 Å². The Morgan fingerprint density at radius 2 is 1.62 bits per heavy atom. The summed E-state index contributed by atoms with van der Waals surface area (Å²) in [5, 5.41) is 0. The van der Waals surface area contributed by atoms with Crippen molar-refractivity contribution in [3.63, 3.8) is 0 Å². The van der Waals surface area contributed by atoms with Crippen LogP contribution in [-0.4, -0.2) is 23.9 Å². The van der Waals surface area contributed by atoms with Gasteiger partial charge in [-0.25, -0.2) is 0 Å². The van der Waals surface area contributed by atoms with Gasteiger partial charge >= 0.3 is 6.18 Å². The van der Waals surface area contributed by atoms with Crippen molar-refractivity contribution in [2.24, 2.45) is 5.73 Å². The number of hydrogen-bond donors (Lipinski definition) is 1. The van der Waals surface area contributed by atoms with Crippen LogP contribution in [0.4, 0.5) is 13.2 Å². The van der Waals surface area contributed by atoms with E-state index in [1.165, 1.54) is 12.1 Å². The van der Waals surface area contributed by atoms with Crippen LogP contribution in [0.2, 0.25) is 0 Å². The fraction of sp³-hybridized carbons (Fsp3) is 0.278. The van der Waals surface area contributed by atoms with Gasteiger partial charge in [-0.3, -0.25) is 4.79 Å². The number of halogens is 3. The first-order valence-corrected chi connectivity index (χ1v) is 7.62. The molecule has 24 heavy (non-hydrogen) atoms. The summed E-state index contributed by atoms with van der Waals surface area (Å²) in [7, 11) is 0. The maximum absolute atomic E-state index is 12.6. The minimum Gasteiger partial charge on any atom is -0.334 e. The summed E-state index contributed by atoms with van der Waals surface area (Å²) < 4.78 is 37.9. The molecule has 6 heteroatoms. The van der Waals surface area contributed by atoms with Gasteiger partial charge in [0.25, 0.3) is 5.91 Å². The first-order chi connectivity index (χ1) is 11.4. The van der Waals surface area contributed by atoms with Gasteiger partial charge in [0.15, 0.2) is 0 Å². The second kappa shape index (κ2) is 7.97. The van der Waals surface area contributed by atoms with Crippen LogP contribution in [0.3, 0.4) is 0 Å². The van der Waals surface area contributed by atoms with Crippen LogP contribution in [0, 0.1) is 0 Å². The number of nitrogens with zero attached hydrogens (tertiary/aromatic N) is 1. The molecule has 0 spiro atoms. The average Bonchev–Trinajstić information content (AvgIpc) is 2.58. The smallest absolute Gasteiger partial charge is 0.334 e. The Morgan fingerprint density at radius 1 is 1.00 bits per heavy atom. The number of carbonyl (C=O) groups excluding carboxylic acids is 1. The summed E-state index contributed by atoms with van der Waals surface area (Å²) in [5.74, 6) is -0.305. The molecule has 0 aliphatic heterocycles. The summed E-state index contributed by atoms with van der Waals surface area (Å²) in [6.45, 7) is 1.28. The Hall–Kier alpha value is -2.34. The maximum Gasteiger partial charge on any atom is 0.416 e. The van der Waals surface area contributed by atoms with Crippen LogP contribution < -0.4 is 5.73 Å². The van der Waals surface area contributed by atoms with Crippen molar-refractivity contribution in [1.29, 1.82) is 0 Å². The molecule has 0 aliphatic rings. The van der Waals surface area contributed by atoms with Crippen molar-refractivity contribution in [3.8, 4) is 0 Å². The first kappa shape index (κ1) is 18.0. The minimum atomic E-state index is -4.41. The molecule has 0 heterocycles. The molecular formula is C18H19F3N2O. The second-order valence-electron chi connectivity index (χ2n) is 5.43. The van der Waals surface area contributed by atoms with Gasteiger partial charge in [0, 0.05) is 18.7 Å². The first-order valence-electron chi connectivity index (χ1n) is 7.62. The lowest BCUT2D eigenvalue weighted by Crippen LogP contribution is -2.32. The fourth-order valence-electron chi connectivity index (χ4n) is 2.32. The number of alkyl halides is 3. The van der Waals surface area contributed by atoms with E-state index in [1.54, 1.807) is 4.90 Å². The van der Waals surface area contributed by atoms with E-state index in [1.807, 2.05) is 30.3 Å². The van der Waals surface area contributed by atoms with Gasteiger partial charge in [-0.05, 0) is 42.8 Å². The van der Waals surface area contributed by atoms with Crippen LogP contribution in [0.25, 0.3) is 0 Å². The van der Waals surface area contributed by atoms with E-state index in [2.05, 4.69) is 0 Å². The number of nitrogens with two attached hydrogens (primary N) is 1. The van der Waals surface area contributed by atoms with Crippen LogP contribution in [0.5, 0.6) is 0 Å². The summed E-state index contributed by atoms with van der Waals surface area (Å²) >= 11 is 0. The van der Waals surface area contributed by atoms with Crippen LogP contribution in [0.15, 0.2) is 54.6 Å². The minimum absolute atomic E-state index is 0.232. The highest BCUT2D eigenvalue weighted by molar-refractivity contribution is 5.94. The van der Waals surface area contributed by atoms with Crippen molar-refractivity contribution in [2.45, 2.75) is 19.1 Å². The molecule has 1 amide bonds. The molecule has 0 unspecified atom stereocenters. The van der Waals surface area contributed by atoms with E-state index in [4.69, 9.17) is 5.73 Å². The maximum atomic E-state index is 12.6. The van der Waals surface area contributed by atoms with Crippen LogP contribution in [0.1, 0.15) is 27.9 Å². The molecule has 3 nitrogen and oxygen atoms in total. The number of hydrogen-bond acceptors (Lipinski definition) is 2. The molecule has 2 N–H and O–H groups in total. The summed E-state index contributed by atoms with van der Waals surface area (Å²) in [4.78, 5) is 14.2. The van der Waals surface area contributed by atoms with E-state index < -0.39 is 11.7 Å². The largest absolute Gasteiger partial charge is 0.416 e.